The van der Waals surface area contributed by atoms with Gasteiger partial charge in [0.15, 0.2) is 0 Å². The standard InChI is InChI=1S/C18H27N5O/c24-18(14-1-2-14)23-9-5-13(6-10-23)11-20-17-15-3-7-19-8-4-16(15)21-12-22-17/h12-14,19H,1-11H2,(H,20,21,22). The molecule has 24 heavy (non-hydrogen) atoms. The van der Waals surface area contributed by atoms with Gasteiger partial charge in [0.2, 0.25) is 5.91 Å². The lowest BCUT2D eigenvalue weighted by Crippen LogP contribution is -2.40. The van der Waals surface area contributed by atoms with E-state index in [1.165, 1.54) is 11.3 Å². The maximum atomic E-state index is 12.1. The highest BCUT2D eigenvalue weighted by Gasteiger charge is 2.34. The predicted molar refractivity (Wildman–Crippen MR) is 92.8 cm³/mol. The van der Waals surface area contributed by atoms with Gasteiger partial charge in [-0.1, -0.05) is 0 Å². The fourth-order valence-electron chi connectivity index (χ4n) is 3.81. The largest absolute Gasteiger partial charge is 0.369 e. The Labute approximate surface area is 143 Å². The molecule has 2 aliphatic heterocycles. The average molecular weight is 329 g/mol. The predicted octanol–water partition coefficient (Wildman–Crippen LogP) is 1.23. The van der Waals surface area contributed by atoms with E-state index in [-0.39, 0.29) is 0 Å². The van der Waals surface area contributed by atoms with Crippen LogP contribution in [0.5, 0.6) is 0 Å². The first-order chi connectivity index (χ1) is 11.8. The quantitative estimate of drug-likeness (QED) is 0.869. The molecular weight excluding hydrogens is 302 g/mol. The van der Waals surface area contributed by atoms with Crippen LogP contribution < -0.4 is 10.6 Å². The number of fused-ring (bicyclic) bond motifs is 1. The number of nitrogens with zero attached hydrogens (tertiary/aromatic N) is 3. The van der Waals surface area contributed by atoms with E-state index in [4.69, 9.17) is 0 Å². The zero-order chi connectivity index (χ0) is 16.4. The van der Waals surface area contributed by atoms with Gasteiger partial charge >= 0.3 is 0 Å². The molecule has 0 radical (unpaired) electrons. The molecule has 0 spiro atoms. The summed E-state index contributed by atoms with van der Waals surface area (Å²) in [4.78, 5) is 23.1. The molecule has 0 aromatic carbocycles. The van der Waals surface area contributed by atoms with Crippen LogP contribution >= 0.6 is 0 Å². The van der Waals surface area contributed by atoms with Crippen molar-refractivity contribution in [1.29, 1.82) is 0 Å². The van der Waals surface area contributed by atoms with Crippen LogP contribution in [0.3, 0.4) is 0 Å². The summed E-state index contributed by atoms with van der Waals surface area (Å²) in [6.07, 6.45) is 8.06. The average Bonchev–Trinajstić information content (AvgIpc) is 3.46. The Morgan fingerprint density at radius 3 is 2.75 bits per heavy atom. The Balaban J connectivity index is 1.31. The normalized spacial score (nSPS) is 21.9. The zero-order valence-corrected chi connectivity index (χ0v) is 14.3. The van der Waals surface area contributed by atoms with E-state index in [1.54, 1.807) is 6.33 Å². The molecule has 2 N–H and O–H groups in total. The van der Waals surface area contributed by atoms with Crippen LogP contribution in [0, 0.1) is 11.8 Å². The minimum Gasteiger partial charge on any atom is -0.369 e. The molecule has 130 valence electrons. The van der Waals surface area contributed by atoms with Crippen molar-refractivity contribution in [1.82, 2.24) is 20.2 Å². The third kappa shape index (κ3) is 3.53. The van der Waals surface area contributed by atoms with E-state index in [0.29, 0.717) is 17.7 Å². The van der Waals surface area contributed by atoms with Gasteiger partial charge in [0.25, 0.3) is 0 Å². The number of likely N-dealkylation sites (tertiary alicyclic amines) is 1. The van der Waals surface area contributed by atoms with Gasteiger partial charge in [0.05, 0.1) is 5.69 Å². The van der Waals surface area contributed by atoms with Gasteiger partial charge < -0.3 is 15.5 Å². The van der Waals surface area contributed by atoms with E-state index in [1.807, 2.05) is 0 Å². The van der Waals surface area contributed by atoms with E-state index in [0.717, 1.165) is 77.1 Å². The lowest BCUT2D eigenvalue weighted by atomic mass is 9.96. The third-order valence-corrected chi connectivity index (χ3v) is 5.54. The van der Waals surface area contributed by atoms with Crippen LogP contribution in [0.15, 0.2) is 6.33 Å². The van der Waals surface area contributed by atoms with Crippen molar-refractivity contribution in [3.05, 3.63) is 17.6 Å². The molecule has 1 aliphatic carbocycles. The Kier molecular flexibility index (Phi) is 4.65. The molecule has 6 heteroatoms. The van der Waals surface area contributed by atoms with Crippen molar-refractivity contribution in [2.24, 2.45) is 11.8 Å². The van der Waals surface area contributed by atoms with Crippen molar-refractivity contribution in [3.63, 3.8) is 0 Å². The van der Waals surface area contributed by atoms with Gasteiger partial charge in [-0.15, -0.1) is 0 Å². The molecule has 0 bridgehead atoms. The van der Waals surface area contributed by atoms with Gasteiger partial charge in [0, 0.05) is 44.1 Å². The van der Waals surface area contributed by atoms with Crippen LogP contribution in [-0.2, 0) is 17.6 Å². The third-order valence-electron chi connectivity index (χ3n) is 5.54. The van der Waals surface area contributed by atoms with Crippen molar-refractivity contribution < 1.29 is 4.79 Å². The molecule has 1 aromatic heterocycles. The van der Waals surface area contributed by atoms with Crippen molar-refractivity contribution >= 4 is 11.7 Å². The number of piperidine rings is 1. The second kappa shape index (κ2) is 7.05. The van der Waals surface area contributed by atoms with E-state index < -0.39 is 0 Å². The number of anilines is 1. The molecule has 1 amide bonds. The molecule has 2 fully saturated rings. The summed E-state index contributed by atoms with van der Waals surface area (Å²) in [5.41, 5.74) is 2.46. The fraction of sp³-hybridized carbons (Fsp3) is 0.722. The van der Waals surface area contributed by atoms with Crippen LogP contribution in [0.25, 0.3) is 0 Å². The summed E-state index contributed by atoms with van der Waals surface area (Å²) >= 11 is 0. The number of carbonyl (C=O) groups is 1. The summed E-state index contributed by atoms with van der Waals surface area (Å²) in [7, 11) is 0. The van der Waals surface area contributed by atoms with E-state index in [9.17, 15) is 4.79 Å². The van der Waals surface area contributed by atoms with Crippen LogP contribution in [0.2, 0.25) is 0 Å². The molecular formula is C18H27N5O. The molecule has 1 aromatic rings. The molecule has 0 atom stereocenters. The zero-order valence-electron chi connectivity index (χ0n) is 14.3. The number of hydrogen-bond donors (Lipinski definition) is 2. The first kappa shape index (κ1) is 15.8. The second-order valence-corrected chi connectivity index (χ2v) is 7.32. The topological polar surface area (TPSA) is 70.2 Å². The Morgan fingerprint density at radius 1 is 1.17 bits per heavy atom. The minimum absolute atomic E-state index is 0.352. The van der Waals surface area contributed by atoms with Gasteiger partial charge in [-0.2, -0.15) is 0 Å². The summed E-state index contributed by atoms with van der Waals surface area (Å²) in [6.45, 7) is 4.79. The molecule has 0 unspecified atom stereocenters. The number of rotatable bonds is 4. The van der Waals surface area contributed by atoms with Gasteiger partial charge in [-0.25, -0.2) is 9.97 Å². The fourth-order valence-corrected chi connectivity index (χ4v) is 3.81. The number of aromatic nitrogens is 2. The lowest BCUT2D eigenvalue weighted by Gasteiger charge is -2.32. The summed E-state index contributed by atoms with van der Waals surface area (Å²) in [5, 5.41) is 6.99. The Hall–Kier alpha value is -1.69. The highest BCUT2D eigenvalue weighted by molar-refractivity contribution is 5.81. The van der Waals surface area contributed by atoms with E-state index in [2.05, 4.69) is 25.5 Å². The highest BCUT2D eigenvalue weighted by Crippen LogP contribution is 2.32. The Bertz CT molecular complexity index is 593. The SMILES string of the molecule is O=C(C1CC1)N1CCC(CNc2ncnc3c2CCNCC3)CC1. The number of nitrogens with one attached hydrogen (secondary N) is 2. The van der Waals surface area contributed by atoms with Gasteiger partial charge in [0.1, 0.15) is 12.1 Å². The summed E-state index contributed by atoms with van der Waals surface area (Å²) < 4.78 is 0. The lowest BCUT2D eigenvalue weighted by molar-refractivity contribution is -0.133. The highest BCUT2D eigenvalue weighted by atomic mass is 16.2. The molecule has 1 saturated heterocycles. The summed E-state index contributed by atoms with van der Waals surface area (Å²) in [6, 6.07) is 0. The van der Waals surface area contributed by atoms with Crippen LogP contribution in [0.4, 0.5) is 5.82 Å². The number of amides is 1. The first-order valence-electron chi connectivity index (χ1n) is 9.37. The van der Waals surface area contributed by atoms with Gasteiger partial charge in [-0.05, 0) is 44.6 Å². The maximum Gasteiger partial charge on any atom is 0.225 e. The molecule has 3 aliphatic rings. The second-order valence-electron chi connectivity index (χ2n) is 7.32. The van der Waals surface area contributed by atoms with E-state index >= 15 is 0 Å². The van der Waals surface area contributed by atoms with Crippen LogP contribution in [0.1, 0.15) is 36.9 Å². The maximum absolute atomic E-state index is 12.1. The Morgan fingerprint density at radius 2 is 1.96 bits per heavy atom. The number of hydrogen-bond acceptors (Lipinski definition) is 5. The van der Waals surface area contributed by atoms with Crippen molar-refractivity contribution in [2.45, 2.75) is 38.5 Å². The minimum atomic E-state index is 0.352. The van der Waals surface area contributed by atoms with Gasteiger partial charge in [-0.3, -0.25) is 4.79 Å². The smallest absolute Gasteiger partial charge is 0.225 e. The molecule has 6 nitrogen and oxygen atoms in total. The van der Waals surface area contributed by atoms with Crippen molar-refractivity contribution in [3.8, 4) is 0 Å². The van der Waals surface area contributed by atoms with Crippen molar-refractivity contribution in [2.75, 3.05) is 38.0 Å². The summed E-state index contributed by atoms with van der Waals surface area (Å²) in [5.74, 6) is 2.39. The first-order valence-corrected chi connectivity index (χ1v) is 9.37. The number of carbonyl (C=O) groups excluding carboxylic acids is 1. The molecule has 3 heterocycles. The molecule has 1 saturated carbocycles. The monoisotopic (exact) mass is 329 g/mol. The molecule has 4 rings (SSSR count). The van der Waals surface area contributed by atoms with Crippen LogP contribution in [-0.4, -0.2) is 53.5 Å².